The van der Waals surface area contributed by atoms with Crippen LogP contribution in [0.2, 0.25) is 0 Å². The Morgan fingerprint density at radius 3 is 2.79 bits per heavy atom. The van der Waals surface area contributed by atoms with E-state index in [9.17, 15) is 9.18 Å². The van der Waals surface area contributed by atoms with Crippen LogP contribution >= 0.6 is 0 Å². The van der Waals surface area contributed by atoms with E-state index in [1.807, 2.05) is 0 Å². The zero-order valence-electron chi connectivity index (χ0n) is 10.6. The van der Waals surface area contributed by atoms with Crippen LogP contribution in [0.25, 0.3) is 0 Å². The smallest absolute Gasteiger partial charge is 0.226 e. The SMILES string of the molecule is N#Cc1cc(NC(=O)CC2(N)CCCC2)ccc1F. The molecule has 0 unspecified atom stereocenters. The molecule has 4 nitrogen and oxygen atoms in total. The molecular weight excluding hydrogens is 245 g/mol. The van der Waals surface area contributed by atoms with Crippen LogP contribution in [-0.4, -0.2) is 11.4 Å². The van der Waals surface area contributed by atoms with Gasteiger partial charge in [0.25, 0.3) is 0 Å². The Hall–Kier alpha value is -1.93. The van der Waals surface area contributed by atoms with Gasteiger partial charge in [0, 0.05) is 17.6 Å². The van der Waals surface area contributed by atoms with Gasteiger partial charge >= 0.3 is 0 Å². The fourth-order valence-electron chi connectivity index (χ4n) is 2.47. The van der Waals surface area contributed by atoms with Gasteiger partial charge in [-0.1, -0.05) is 12.8 Å². The predicted molar refractivity (Wildman–Crippen MR) is 69.7 cm³/mol. The van der Waals surface area contributed by atoms with Crippen LogP contribution in [0.15, 0.2) is 18.2 Å². The largest absolute Gasteiger partial charge is 0.326 e. The lowest BCUT2D eigenvalue weighted by Crippen LogP contribution is -2.40. The van der Waals surface area contributed by atoms with E-state index in [-0.39, 0.29) is 17.9 Å². The van der Waals surface area contributed by atoms with E-state index >= 15 is 0 Å². The molecule has 1 fully saturated rings. The summed E-state index contributed by atoms with van der Waals surface area (Å²) in [6, 6.07) is 5.67. The minimum Gasteiger partial charge on any atom is -0.326 e. The number of rotatable bonds is 3. The third kappa shape index (κ3) is 3.30. The second-order valence-corrected chi connectivity index (χ2v) is 5.10. The summed E-state index contributed by atoms with van der Waals surface area (Å²) in [7, 11) is 0. The lowest BCUT2D eigenvalue weighted by atomic mass is 9.94. The number of carbonyl (C=O) groups excluding carboxylic acids is 1. The number of anilines is 1. The molecule has 3 N–H and O–H groups in total. The highest BCUT2D eigenvalue weighted by Crippen LogP contribution is 2.30. The first kappa shape index (κ1) is 13.5. The normalized spacial score (nSPS) is 16.9. The number of amides is 1. The summed E-state index contributed by atoms with van der Waals surface area (Å²) in [5.41, 5.74) is 6.04. The Labute approximate surface area is 111 Å². The summed E-state index contributed by atoms with van der Waals surface area (Å²) in [4.78, 5) is 11.9. The Balaban J connectivity index is 2.01. The Bertz CT molecular complexity index is 530. The average molecular weight is 261 g/mol. The zero-order chi connectivity index (χ0) is 13.9. The highest BCUT2D eigenvalue weighted by Gasteiger charge is 2.31. The molecular formula is C14H16FN3O. The number of hydrogen-bond donors (Lipinski definition) is 2. The number of nitriles is 1. The van der Waals surface area contributed by atoms with E-state index in [0.29, 0.717) is 5.69 Å². The van der Waals surface area contributed by atoms with Gasteiger partial charge in [0.2, 0.25) is 5.91 Å². The van der Waals surface area contributed by atoms with Crippen molar-refractivity contribution in [2.75, 3.05) is 5.32 Å². The maximum absolute atomic E-state index is 13.1. The summed E-state index contributed by atoms with van der Waals surface area (Å²) in [5, 5.41) is 11.4. The van der Waals surface area contributed by atoms with Gasteiger partial charge in [0.1, 0.15) is 11.9 Å². The second kappa shape index (κ2) is 5.37. The van der Waals surface area contributed by atoms with Crippen LogP contribution in [0.4, 0.5) is 10.1 Å². The first-order chi connectivity index (χ1) is 9.02. The first-order valence-corrected chi connectivity index (χ1v) is 6.31. The maximum atomic E-state index is 13.1. The van der Waals surface area contributed by atoms with E-state index in [1.54, 1.807) is 6.07 Å². The van der Waals surface area contributed by atoms with Crippen molar-refractivity contribution in [2.45, 2.75) is 37.6 Å². The molecule has 0 heterocycles. The van der Waals surface area contributed by atoms with Crippen molar-refractivity contribution in [3.63, 3.8) is 0 Å². The molecule has 1 amide bonds. The summed E-state index contributed by atoms with van der Waals surface area (Å²) in [6.07, 6.45) is 4.07. The minimum absolute atomic E-state index is 0.0823. The van der Waals surface area contributed by atoms with Gasteiger partial charge in [0.05, 0.1) is 5.56 Å². The number of nitrogens with zero attached hydrogens (tertiary/aromatic N) is 1. The molecule has 0 aliphatic heterocycles. The molecule has 19 heavy (non-hydrogen) atoms. The van der Waals surface area contributed by atoms with E-state index in [1.165, 1.54) is 18.2 Å². The van der Waals surface area contributed by atoms with Crippen molar-refractivity contribution in [2.24, 2.45) is 5.73 Å². The molecule has 1 aromatic rings. The van der Waals surface area contributed by atoms with Crippen molar-refractivity contribution in [1.82, 2.24) is 0 Å². The molecule has 0 aromatic heterocycles. The van der Waals surface area contributed by atoms with E-state index in [4.69, 9.17) is 11.0 Å². The number of hydrogen-bond acceptors (Lipinski definition) is 3. The third-order valence-corrected chi connectivity index (χ3v) is 3.48. The van der Waals surface area contributed by atoms with Crippen LogP contribution in [0.3, 0.4) is 0 Å². The van der Waals surface area contributed by atoms with Crippen LogP contribution in [0.1, 0.15) is 37.7 Å². The van der Waals surface area contributed by atoms with Crippen LogP contribution in [0.5, 0.6) is 0 Å². The van der Waals surface area contributed by atoms with Crippen molar-refractivity contribution in [1.29, 1.82) is 5.26 Å². The number of carbonyl (C=O) groups is 1. The van der Waals surface area contributed by atoms with Crippen LogP contribution in [-0.2, 0) is 4.79 Å². The molecule has 0 radical (unpaired) electrons. The van der Waals surface area contributed by atoms with Crippen molar-refractivity contribution < 1.29 is 9.18 Å². The van der Waals surface area contributed by atoms with Gasteiger partial charge in [0.15, 0.2) is 0 Å². The lowest BCUT2D eigenvalue weighted by Gasteiger charge is -2.22. The standard InChI is InChI=1S/C14H16FN3O/c15-12-4-3-11(7-10(12)9-16)18-13(19)8-14(17)5-1-2-6-14/h3-4,7H,1-2,5-6,8,17H2,(H,18,19). The van der Waals surface area contributed by atoms with Gasteiger partial charge in [-0.2, -0.15) is 5.26 Å². The summed E-state index contributed by atoms with van der Waals surface area (Å²) >= 11 is 0. The highest BCUT2D eigenvalue weighted by molar-refractivity contribution is 5.91. The Morgan fingerprint density at radius 1 is 1.47 bits per heavy atom. The first-order valence-electron chi connectivity index (χ1n) is 6.31. The van der Waals surface area contributed by atoms with Gasteiger partial charge in [-0.05, 0) is 31.0 Å². The van der Waals surface area contributed by atoms with E-state index in [2.05, 4.69) is 5.32 Å². The van der Waals surface area contributed by atoms with Gasteiger partial charge < -0.3 is 11.1 Å². The molecule has 0 spiro atoms. The molecule has 1 aromatic carbocycles. The van der Waals surface area contributed by atoms with Crippen molar-refractivity contribution in [3.05, 3.63) is 29.6 Å². The molecule has 100 valence electrons. The highest BCUT2D eigenvalue weighted by atomic mass is 19.1. The number of nitrogens with two attached hydrogens (primary N) is 1. The van der Waals surface area contributed by atoms with E-state index < -0.39 is 11.4 Å². The third-order valence-electron chi connectivity index (χ3n) is 3.48. The molecule has 5 heteroatoms. The molecule has 1 aliphatic rings. The Morgan fingerprint density at radius 2 is 2.16 bits per heavy atom. The van der Waals surface area contributed by atoms with Crippen molar-refractivity contribution >= 4 is 11.6 Å². The number of halogens is 1. The van der Waals surface area contributed by atoms with Gasteiger partial charge in [-0.15, -0.1) is 0 Å². The predicted octanol–water partition coefficient (Wildman–Crippen LogP) is 2.30. The molecule has 1 saturated carbocycles. The fraction of sp³-hybridized carbons (Fsp3) is 0.429. The number of benzene rings is 1. The monoisotopic (exact) mass is 261 g/mol. The minimum atomic E-state index is -0.591. The van der Waals surface area contributed by atoms with Gasteiger partial charge in [-0.25, -0.2) is 4.39 Å². The summed E-state index contributed by atoms with van der Waals surface area (Å²) < 4.78 is 13.1. The maximum Gasteiger partial charge on any atom is 0.226 e. The average Bonchev–Trinajstić information content (AvgIpc) is 2.78. The summed E-state index contributed by atoms with van der Waals surface area (Å²) in [6.45, 7) is 0. The molecule has 0 saturated heterocycles. The Kier molecular flexibility index (Phi) is 3.82. The number of nitrogens with one attached hydrogen (secondary N) is 1. The second-order valence-electron chi connectivity index (χ2n) is 5.10. The molecule has 1 aliphatic carbocycles. The van der Waals surface area contributed by atoms with E-state index in [0.717, 1.165) is 25.7 Å². The van der Waals surface area contributed by atoms with Crippen LogP contribution < -0.4 is 11.1 Å². The van der Waals surface area contributed by atoms with Gasteiger partial charge in [-0.3, -0.25) is 4.79 Å². The fourth-order valence-corrected chi connectivity index (χ4v) is 2.47. The topological polar surface area (TPSA) is 78.9 Å². The zero-order valence-corrected chi connectivity index (χ0v) is 10.6. The molecule has 0 bridgehead atoms. The summed E-state index contributed by atoms with van der Waals surface area (Å²) in [5.74, 6) is -0.786. The lowest BCUT2D eigenvalue weighted by molar-refractivity contribution is -0.117. The quantitative estimate of drug-likeness (QED) is 0.876. The molecule has 0 atom stereocenters. The molecule has 2 rings (SSSR count). The van der Waals surface area contributed by atoms with Crippen LogP contribution in [0, 0.1) is 17.1 Å². The van der Waals surface area contributed by atoms with Crippen molar-refractivity contribution in [3.8, 4) is 6.07 Å².